The summed E-state index contributed by atoms with van der Waals surface area (Å²) in [6, 6.07) is 7.60. The number of hydrogen-bond acceptors (Lipinski definition) is 3. The fourth-order valence-electron chi connectivity index (χ4n) is 2.70. The number of nitrogens with zero attached hydrogens (tertiary/aromatic N) is 1. The van der Waals surface area contributed by atoms with Gasteiger partial charge in [-0.15, -0.1) is 0 Å². The summed E-state index contributed by atoms with van der Waals surface area (Å²) in [6.45, 7) is 3.82. The summed E-state index contributed by atoms with van der Waals surface area (Å²) in [6.07, 6.45) is 3.54. The minimum atomic E-state index is -3.47. The summed E-state index contributed by atoms with van der Waals surface area (Å²) in [5.41, 5.74) is 7.39. The van der Waals surface area contributed by atoms with Gasteiger partial charge in [0, 0.05) is 13.1 Å². The quantitative estimate of drug-likeness (QED) is 0.843. The number of para-hydroxylation sites is 1. The van der Waals surface area contributed by atoms with E-state index < -0.39 is 10.2 Å². The highest BCUT2D eigenvalue weighted by molar-refractivity contribution is 7.90. The van der Waals surface area contributed by atoms with Crippen LogP contribution in [0.25, 0.3) is 0 Å². The highest BCUT2D eigenvalue weighted by Crippen LogP contribution is 2.22. The normalized spacial score (nSPS) is 17.8. The molecule has 0 radical (unpaired) electrons. The largest absolute Gasteiger partial charge is 0.330 e. The van der Waals surface area contributed by atoms with Crippen LogP contribution in [0.5, 0.6) is 0 Å². The molecule has 5 nitrogen and oxygen atoms in total. The van der Waals surface area contributed by atoms with Crippen molar-refractivity contribution in [1.29, 1.82) is 0 Å². The van der Waals surface area contributed by atoms with Crippen molar-refractivity contribution in [2.45, 2.75) is 32.6 Å². The van der Waals surface area contributed by atoms with Gasteiger partial charge in [-0.1, -0.05) is 31.5 Å². The van der Waals surface area contributed by atoms with Crippen LogP contribution in [0.3, 0.4) is 0 Å². The molecule has 0 aromatic heterocycles. The maximum atomic E-state index is 12.5. The number of hydrogen-bond donors (Lipinski definition) is 2. The predicted molar refractivity (Wildman–Crippen MR) is 86.3 cm³/mol. The lowest BCUT2D eigenvalue weighted by atomic mass is 9.99. The number of piperidine rings is 1. The third-order valence-electron chi connectivity index (χ3n) is 4.02. The van der Waals surface area contributed by atoms with Crippen LogP contribution in [-0.4, -0.2) is 32.4 Å². The first kappa shape index (κ1) is 16.3. The average Bonchev–Trinajstić information content (AvgIpc) is 2.49. The summed E-state index contributed by atoms with van der Waals surface area (Å²) in [5.74, 6) is 0.448. The topological polar surface area (TPSA) is 75.4 Å². The van der Waals surface area contributed by atoms with Gasteiger partial charge < -0.3 is 5.73 Å². The van der Waals surface area contributed by atoms with Crippen LogP contribution in [0, 0.1) is 5.92 Å². The number of aryl methyl sites for hydroxylation is 1. The Balaban J connectivity index is 2.08. The van der Waals surface area contributed by atoms with Crippen molar-refractivity contribution in [1.82, 2.24) is 4.31 Å². The third kappa shape index (κ3) is 4.18. The molecule has 118 valence electrons. The second kappa shape index (κ2) is 7.24. The zero-order valence-corrected chi connectivity index (χ0v) is 13.4. The van der Waals surface area contributed by atoms with E-state index in [4.69, 9.17) is 5.73 Å². The number of nitrogens with one attached hydrogen (secondary N) is 1. The molecule has 3 N–H and O–H groups in total. The molecule has 1 aromatic carbocycles. The molecule has 2 rings (SSSR count). The van der Waals surface area contributed by atoms with Crippen molar-refractivity contribution < 1.29 is 8.42 Å². The monoisotopic (exact) mass is 311 g/mol. The predicted octanol–water partition coefficient (Wildman–Crippen LogP) is 1.97. The van der Waals surface area contributed by atoms with Crippen molar-refractivity contribution >= 4 is 15.9 Å². The molecule has 0 aliphatic carbocycles. The standard InChI is InChI=1S/C15H25N3O2S/c1-2-5-14-6-3-4-7-15(14)17-21(19,20)18-10-8-13(12-16)9-11-18/h3-4,6-7,13,17H,2,5,8-12,16H2,1H3. The van der Waals surface area contributed by atoms with E-state index in [0.29, 0.717) is 31.2 Å². The van der Waals surface area contributed by atoms with Crippen molar-refractivity contribution in [2.75, 3.05) is 24.4 Å². The Labute approximate surface area is 127 Å². The van der Waals surface area contributed by atoms with Gasteiger partial charge in [-0.3, -0.25) is 4.72 Å². The summed E-state index contributed by atoms with van der Waals surface area (Å²) in [4.78, 5) is 0. The van der Waals surface area contributed by atoms with Crippen LogP contribution in [0.2, 0.25) is 0 Å². The zero-order chi connectivity index (χ0) is 15.3. The molecule has 0 spiro atoms. The van der Waals surface area contributed by atoms with E-state index >= 15 is 0 Å². The second-order valence-electron chi connectivity index (χ2n) is 5.59. The molecule has 0 amide bonds. The summed E-state index contributed by atoms with van der Waals surface area (Å²) >= 11 is 0. The molecule has 0 saturated carbocycles. The van der Waals surface area contributed by atoms with Gasteiger partial charge in [0.05, 0.1) is 5.69 Å². The van der Waals surface area contributed by atoms with E-state index in [-0.39, 0.29) is 0 Å². The lowest BCUT2D eigenvalue weighted by molar-refractivity contribution is 0.280. The van der Waals surface area contributed by atoms with Gasteiger partial charge in [-0.2, -0.15) is 12.7 Å². The van der Waals surface area contributed by atoms with Crippen molar-refractivity contribution in [2.24, 2.45) is 11.7 Å². The van der Waals surface area contributed by atoms with E-state index in [9.17, 15) is 8.42 Å². The van der Waals surface area contributed by atoms with Crippen molar-refractivity contribution in [3.63, 3.8) is 0 Å². The molecule has 0 atom stereocenters. The van der Waals surface area contributed by atoms with Gasteiger partial charge in [0.1, 0.15) is 0 Å². The molecule has 1 aliphatic heterocycles. The molecular weight excluding hydrogens is 286 g/mol. The Bertz CT molecular complexity index is 552. The van der Waals surface area contributed by atoms with Gasteiger partial charge >= 0.3 is 10.2 Å². The smallest absolute Gasteiger partial charge is 0.301 e. The van der Waals surface area contributed by atoms with Crippen LogP contribution in [0.4, 0.5) is 5.69 Å². The molecule has 0 unspecified atom stereocenters. The van der Waals surface area contributed by atoms with Gasteiger partial charge in [-0.05, 0) is 43.4 Å². The molecule has 1 saturated heterocycles. The molecule has 21 heavy (non-hydrogen) atoms. The van der Waals surface area contributed by atoms with Crippen LogP contribution in [0.15, 0.2) is 24.3 Å². The van der Waals surface area contributed by atoms with Crippen LogP contribution >= 0.6 is 0 Å². The summed E-state index contributed by atoms with van der Waals surface area (Å²) in [7, 11) is -3.47. The first-order valence-corrected chi connectivity index (χ1v) is 9.06. The first-order valence-electron chi connectivity index (χ1n) is 7.62. The van der Waals surface area contributed by atoms with Crippen LogP contribution in [-0.2, 0) is 16.6 Å². The van der Waals surface area contributed by atoms with Crippen LogP contribution in [0.1, 0.15) is 31.7 Å². The van der Waals surface area contributed by atoms with Crippen molar-refractivity contribution in [3.05, 3.63) is 29.8 Å². The number of anilines is 1. The molecule has 1 fully saturated rings. The van der Waals surface area contributed by atoms with Gasteiger partial charge in [0.25, 0.3) is 0 Å². The minimum Gasteiger partial charge on any atom is -0.330 e. The fourth-order valence-corrected chi connectivity index (χ4v) is 3.99. The van der Waals surface area contributed by atoms with E-state index in [2.05, 4.69) is 11.6 Å². The molecule has 6 heteroatoms. The van der Waals surface area contributed by atoms with Gasteiger partial charge in [0.2, 0.25) is 0 Å². The highest BCUT2D eigenvalue weighted by atomic mass is 32.2. The zero-order valence-electron chi connectivity index (χ0n) is 12.6. The molecule has 1 heterocycles. The van der Waals surface area contributed by atoms with E-state index in [1.165, 1.54) is 4.31 Å². The molecular formula is C15H25N3O2S. The third-order valence-corrected chi connectivity index (χ3v) is 5.55. The maximum Gasteiger partial charge on any atom is 0.301 e. The second-order valence-corrected chi connectivity index (χ2v) is 7.26. The Hall–Kier alpha value is -1.11. The Kier molecular flexibility index (Phi) is 5.61. The summed E-state index contributed by atoms with van der Waals surface area (Å²) < 4.78 is 29.3. The lowest BCUT2D eigenvalue weighted by Gasteiger charge is -2.30. The molecule has 0 bridgehead atoms. The molecule has 1 aromatic rings. The minimum absolute atomic E-state index is 0.448. The SMILES string of the molecule is CCCc1ccccc1NS(=O)(=O)N1CCC(CN)CC1. The maximum absolute atomic E-state index is 12.5. The highest BCUT2D eigenvalue weighted by Gasteiger charge is 2.27. The number of nitrogens with two attached hydrogens (primary N) is 1. The Morgan fingerprint density at radius 3 is 2.57 bits per heavy atom. The number of benzene rings is 1. The van der Waals surface area contributed by atoms with Gasteiger partial charge in [0.15, 0.2) is 0 Å². The van der Waals surface area contributed by atoms with Crippen LogP contribution < -0.4 is 10.5 Å². The first-order chi connectivity index (χ1) is 10.1. The van der Waals surface area contributed by atoms with E-state index in [1.54, 1.807) is 0 Å². The Morgan fingerprint density at radius 2 is 1.95 bits per heavy atom. The molecule has 1 aliphatic rings. The van der Waals surface area contributed by atoms with Crippen molar-refractivity contribution in [3.8, 4) is 0 Å². The Morgan fingerprint density at radius 1 is 1.29 bits per heavy atom. The summed E-state index contributed by atoms with van der Waals surface area (Å²) in [5, 5.41) is 0. The van der Waals surface area contributed by atoms with E-state index in [0.717, 1.165) is 31.2 Å². The lowest BCUT2D eigenvalue weighted by Crippen LogP contribution is -2.42. The van der Waals surface area contributed by atoms with Gasteiger partial charge in [-0.25, -0.2) is 0 Å². The fraction of sp³-hybridized carbons (Fsp3) is 0.600. The van der Waals surface area contributed by atoms with E-state index in [1.807, 2.05) is 24.3 Å². The number of rotatable bonds is 6. The average molecular weight is 311 g/mol.